The van der Waals surface area contributed by atoms with Crippen LogP contribution in [0, 0.1) is 0 Å². The van der Waals surface area contributed by atoms with Gasteiger partial charge >= 0.3 is 17.1 Å². The molecule has 12 atom stereocenters. The molecule has 12 unspecified atom stereocenters. The fourth-order valence-electron chi connectivity index (χ4n) is 10.2. The van der Waals surface area contributed by atoms with Gasteiger partial charge in [-0.05, 0) is 45.9 Å². The number of hydrogen-bond donors (Lipinski definition) is 2. The maximum Gasteiger partial charge on any atom is 2.00 e. The Morgan fingerprint density at radius 1 is 0.396 bits per heavy atom. The average Bonchev–Trinajstić information content (AvgIpc) is 3.99. The summed E-state index contributed by atoms with van der Waals surface area (Å²) in [4.78, 5) is 0. The van der Waals surface area contributed by atoms with Crippen LogP contribution in [0.25, 0.3) is 10.6 Å². The van der Waals surface area contributed by atoms with Crippen molar-refractivity contribution in [3.8, 4) is 0 Å². The van der Waals surface area contributed by atoms with Crippen molar-refractivity contribution in [3.05, 3.63) is 155 Å². The summed E-state index contributed by atoms with van der Waals surface area (Å²) < 4.78 is 8.56. The molecule has 0 saturated carbocycles. The van der Waals surface area contributed by atoms with E-state index in [1.54, 1.807) is 0 Å². The minimum atomic E-state index is 0. The van der Waals surface area contributed by atoms with Gasteiger partial charge in [0.15, 0.2) is 49.6 Å². The Hall–Kier alpha value is -3.56. The number of hydrogen-bond acceptors (Lipinski definition) is 2. The van der Waals surface area contributed by atoms with Gasteiger partial charge in [0.25, 0.3) is 0 Å². The molecule has 9 heteroatoms. The molecule has 4 aromatic rings. The molecule has 2 N–H and O–H groups in total. The second kappa shape index (κ2) is 15.3. The smallest absolute Gasteiger partial charge is 0.656 e. The van der Waals surface area contributed by atoms with Gasteiger partial charge in [-0.3, -0.25) is 0 Å². The van der Waals surface area contributed by atoms with E-state index >= 15 is 0 Å². The van der Waals surface area contributed by atoms with Crippen LogP contribution in [0.15, 0.2) is 122 Å². The molecule has 0 amide bonds. The van der Waals surface area contributed by atoms with E-state index in [0.29, 0.717) is 0 Å². The molecule has 3 saturated heterocycles. The normalized spacial score (nSPS) is 34.6. The van der Waals surface area contributed by atoms with Crippen molar-refractivity contribution in [1.29, 1.82) is 0 Å². The molecule has 53 heavy (non-hydrogen) atoms. The van der Waals surface area contributed by atoms with E-state index in [1.165, 1.54) is 22.3 Å². The van der Waals surface area contributed by atoms with Gasteiger partial charge < -0.3 is 21.3 Å². The number of nitrogens with one attached hydrogen (secondary N) is 2. The molecule has 5 aliphatic heterocycles. The molecule has 3 fully saturated rings. The minimum absolute atomic E-state index is 0. The molecule has 0 radical (unpaired) electrons. The first-order chi connectivity index (χ1) is 25.4. The number of aromatic nitrogens is 4. The monoisotopic (exact) mass is 750 g/mol. The molecule has 5 aliphatic rings. The molecular weight excluding hydrogens is 696 g/mol. The van der Waals surface area contributed by atoms with Crippen molar-refractivity contribution in [2.45, 2.75) is 97.7 Å². The topological polar surface area (TPSA) is 67.8 Å². The summed E-state index contributed by atoms with van der Waals surface area (Å²) in [7, 11) is 8.42. The van der Waals surface area contributed by atoms with Gasteiger partial charge in [-0.25, -0.2) is 18.3 Å². The van der Waals surface area contributed by atoms with Gasteiger partial charge in [-0.15, -0.1) is 24.2 Å². The molecule has 9 rings (SSSR count). The van der Waals surface area contributed by atoms with E-state index in [9.17, 15) is 0 Å². The second-order valence-corrected chi connectivity index (χ2v) is 16.2. The molecule has 4 aromatic heterocycles. The maximum atomic E-state index is 5.84. The van der Waals surface area contributed by atoms with E-state index in [0.717, 1.165) is 25.7 Å². The number of pyridine rings is 4. The second-order valence-electron chi connectivity index (χ2n) is 16.2. The van der Waals surface area contributed by atoms with Gasteiger partial charge in [-0.1, -0.05) is 50.0 Å². The Bertz CT molecular complexity index is 1640. The minimum Gasteiger partial charge on any atom is -0.656 e. The quantitative estimate of drug-likeness (QED) is 0.188. The largest absolute Gasteiger partial charge is 2.00 e. The summed E-state index contributed by atoms with van der Waals surface area (Å²) in [6.07, 6.45) is 31.8. The molecule has 0 aromatic carbocycles. The Labute approximate surface area is 325 Å². The maximum absolute atomic E-state index is 5.84. The molecule has 8 nitrogen and oxygen atoms in total. The molecule has 274 valence electrons. The Balaban J connectivity index is 0.00000400. The summed E-state index contributed by atoms with van der Waals surface area (Å²) in [5, 5.41) is 20.1. The van der Waals surface area contributed by atoms with Gasteiger partial charge in [0.05, 0.1) is 0 Å². The first-order valence-corrected chi connectivity index (χ1v) is 19.5. The zero-order chi connectivity index (χ0) is 35.3. The predicted molar refractivity (Wildman–Crippen MR) is 201 cm³/mol. The Morgan fingerprint density at radius 2 is 0.604 bits per heavy atom. The summed E-state index contributed by atoms with van der Waals surface area (Å²) in [5.74, 6) is 1.00. The van der Waals surface area contributed by atoms with Crippen LogP contribution in [0.5, 0.6) is 0 Å². The summed E-state index contributed by atoms with van der Waals surface area (Å²) in [5.41, 5.74) is 5.47. The summed E-state index contributed by atoms with van der Waals surface area (Å²) >= 11 is 0. The van der Waals surface area contributed by atoms with E-state index in [1.807, 2.05) is 0 Å². The molecular formula is C44H54FeN8+4. The molecule has 0 spiro atoms. The van der Waals surface area contributed by atoms with Gasteiger partial charge in [0.1, 0.15) is 28.2 Å². The molecule has 0 aliphatic carbocycles. The third kappa shape index (κ3) is 7.20. The predicted octanol–water partition coefficient (Wildman–Crippen LogP) is 4.03. The van der Waals surface area contributed by atoms with E-state index < -0.39 is 0 Å². The van der Waals surface area contributed by atoms with E-state index in [2.05, 4.69) is 180 Å². The van der Waals surface area contributed by atoms with Crippen LogP contribution in [0.3, 0.4) is 0 Å². The van der Waals surface area contributed by atoms with Crippen LogP contribution in [0.4, 0.5) is 0 Å². The molecule has 9 heterocycles. The Kier molecular flexibility index (Phi) is 10.5. The number of rotatable bonds is 4. The van der Waals surface area contributed by atoms with Crippen LogP contribution in [0.2, 0.25) is 0 Å². The third-order valence-electron chi connectivity index (χ3n) is 12.9. The first kappa shape index (κ1) is 36.4. The van der Waals surface area contributed by atoms with Crippen LogP contribution >= 0.6 is 0 Å². The van der Waals surface area contributed by atoms with E-state index in [-0.39, 0.29) is 89.1 Å². The molecule has 8 bridgehead atoms. The number of fused-ring (bicyclic) bond motifs is 8. The van der Waals surface area contributed by atoms with Crippen LogP contribution < -0.4 is 28.9 Å². The van der Waals surface area contributed by atoms with Crippen molar-refractivity contribution in [1.82, 2.24) is 10.6 Å². The fourth-order valence-corrected chi connectivity index (χ4v) is 10.2. The first-order valence-electron chi connectivity index (χ1n) is 19.5. The zero-order valence-electron chi connectivity index (χ0n) is 31.3. The van der Waals surface area contributed by atoms with Crippen LogP contribution in [-0.4, -0.2) is 48.3 Å². The fraction of sp³-hybridized carbons (Fsp3) is 0.455. The van der Waals surface area contributed by atoms with Crippen molar-refractivity contribution in [3.63, 3.8) is 0 Å². The van der Waals surface area contributed by atoms with Crippen molar-refractivity contribution >= 4 is 0 Å². The summed E-state index contributed by atoms with van der Waals surface area (Å²) in [6.45, 7) is 0. The Morgan fingerprint density at radius 3 is 0.811 bits per heavy atom. The number of nitrogens with zero attached hydrogens (tertiary/aromatic N) is 6. The van der Waals surface area contributed by atoms with Crippen molar-refractivity contribution in [2.75, 3.05) is 0 Å². The standard InChI is InChI=1S/C44H54N8.Fe/c1-49-21-13-29(14-22-49)41-33-5-7-35(45-33)42(30-15-23-50(2)24-16-30)37-9-11-39(47-37)44(32-19-27-52(4)28-20-32)40-12-10-38(48-40)43(36-8-6-34(41)46-36)31-17-25-51(3)26-18-31;/h5,7,10,12-28,33-45,48H,6,8-9,11H2,1-4H3;/q2*+2. The summed E-state index contributed by atoms with van der Waals surface area (Å²) in [6, 6.07) is 20.3. The van der Waals surface area contributed by atoms with Crippen molar-refractivity contribution in [2.24, 2.45) is 28.2 Å². The van der Waals surface area contributed by atoms with Gasteiger partial charge in [-0.2, -0.15) is 0 Å². The van der Waals surface area contributed by atoms with Gasteiger partial charge in [0.2, 0.25) is 0 Å². The van der Waals surface area contributed by atoms with Crippen LogP contribution in [0.1, 0.15) is 71.6 Å². The van der Waals surface area contributed by atoms with Crippen molar-refractivity contribution < 1.29 is 35.3 Å². The average molecular weight is 751 g/mol. The van der Waals surface area contributed by atoms with Gasteiger partial charge in [0, 0.05) is 72.7 Å². The zero-order valence-corrected chi connectivity index (χ0v) is 32.4. The van der Waals surface area contributed by atoms with Crippen LogP contribution in [-0.2, 0) is 45.3 Å². The number of aryl methyl sites for hydroxylation is 4. The third-order valence-corrected chi connectivity index (χ3v) is 12.9. The SMILES string of the molecule is C[n+]1ccc(C2C3CCC([N-]3)C(c3cc[n+](C)cc3)C3C=CC(N3)C(c3cc[n+](C)cc3)C3CCC([N-]3)C(c3cc[n+](C)cc3)C3C=CC2N3)cc1.[Fe+2]. The van der Waals surface area contributed by atoms with E-state index in [4.69, 9.17) is 10.6 Å².